The molecule has 0 saturated heterocycles. The van der Waals surface area contributed by atoms with Gasteiger partial charge in [0.15, 0.2) is 0 Å². The molecule has 0 saturated carbocycles. The van der Waals surface area contributed by atoms with E-state index < -0.39 is 0 Å². The molecule has 1 aromatic rings. The Morgan fingerprint density at radius 3 is 2.33 bits per heavy atom. The molecule has 1 rings (SSSR count). The molecule has 0 aliphatic heterocycles. The zero-order valence-corrected chi connectivity index (χ0v) is 12.1. The average Bonchev–Trinajstić information content (AvgIpc) is 2.41. The predicted octanol–water partition coefficient (Wildman–Crippen LogP) is 4.51. The molecule has 100 valence electrons. The summed E-state index contributed by atoms with van der Waals surface area (Å²) in [7, 11) is 0. The first-order valence-corrected chi connectivity index (χ1v) is 7.17. The molecule has 0 spiro atoms. The molecule has 0 aromatic heterocycles. The van der Waals surface area contributed by atoms with Crippen LogP contribution < -0.4 is 5.32 Å². The summed E-state index contributed by atoms with van der Waals surface area (Å²) in [5.74, 6) is 0.578. The Balaban J connectivity index is 2.83. The predicted molar refractivity (Wildman–Crippen MR) is 81.0 cm³/mol. The molecule has 1 nitrogen and oxygen atoms in total. The van der Waals surface area contributed by atoms with Crippen molar-refractivity contribution in [3.05, 3.63) is 48.0 Å². The lowest BCUT2D eigenvalue weighted by atomic mass is 9.85. The van der Waals surface area contributed by atoms with Crippen molar-refractivity contribution in [2.24, 2.45) is 0 Å². The summed E-state index contributed by atoms with van der Waals surface area (Å²) in [6.45, 7) is 11.8. The lowest BCUT2D eigenvalue weighted by molar-refractivity contribution is 0.425. The van der Waals surface area contributed by atoms with E-state index in [9.17, 15) is 0 Å². The molecule has 0 fully saturated rings. The van der Waals surface area contributed by atoms with Gasteiger partial charge in [-0.3, -0.25) is 0 Å². The smallest absolute Gasteiger partial charge is 0.0173 e. The summed E-state index contributed by atoms with van der Waals surface area (Å²) in [6, 6.07) is 11.4. The Bertz CT molecular complexity index is 342. The SMILES string of the molecule is C=C(CC)CC(NCC)C(CC)c1ccccc1. The van der Waals surface area contributed by atoms with Crippen molar-refractivity contribution in [2.45, 2.75) is 52.0 Å². The van der Waals surface area contributed by atoms with Gasteiger partial charge < -0.3 is 5.32 Å². The first-order chi connectivity index (χ1) is 8.72. The maximum Gasteiger partial charge on any atom is 0.0173 e. The fourth-order valence-electron chi connectivity index (χ4n) is 2.53. The van der Waals surface area contributed by atoms with Gasteiger partial charge in [-0.2, -0.15) is 0 Å². The van der Waals surface area contributed by atoms with Gasteiger partial charge in [-0.25, -0.2) is 0 Å². The number of rotatable bonds is 8. The normalized spacial score (nSPS) is 14.2. The summed E-state index contributed by atoms with van der Waals surface area (Å²) in [5, 5.41) is 3.64. The van der Waals surface area contributed by atoms with Crippen molar-refractivity contribution in [3.8, 4) is 0 Å². The number of benzene rings is 1. The molecule has 0 radical (unpaired) electrons. The summed E-state index contributed by atoms with van der Waals surface area (Å²) in [5.41, 5.74) is 2.78. The van der Waals surface area contributed by atoms with Crippen LogP contribution in [0.2, 0.25) is 0 Å². The van der Waals surface area contributed by atoms with E-state index in [1.54, 1.807) is 0 Å². The second-order valence-electron chi connectivity index (χ2n) is 4.90. The maximum atomic E-state index is 4.17. The van der Waals surface area contributed by atoms with E-state index >= 15 is 0 Å². The molecule has 1 N–H and O–H groups in total. The van der Waals surface area contributed by atoms with Crippen LogP contribution in [-0.2, 0) is 0 Å². The second kappa shape index (κ2) is 8.10. The van der Waals surface area contributed by atoms with Gasteiger partial charge in [0.1, 0.15) is 0 Å². The van der Waals surface area contributed by atoms with E-state index in [-0.39, 0.29) is 0 Å². The highest BCUT2D eigenvalue weighted by atomic mass is 14.9. The van der Waals surface area contributed by atoms with Gasteiger partial charge in [-0.15, -0.1) is 0 Å². The standard InChI is InChI=1S/C17H27N/c1-5-14(4)13-17(18-7-3)16(6-2)15-11-9-8-10-12-15/h8-12,16-18H,4-7,13H2,1-3H3. The van der Waals surface area contributed by atoms with Crippen molar-refractivity contribution < 1.29 is 0 Å². The molecule has 0 bridgehead atoms. The molecule has 18 heavy (non-hydrogen) atoms. The van der Waals surface area contributed by atoms with Gasteiger partial charge in [-0.05, 0) is 37.3 Å². The largest absolute Gasteiger partial charge is 0.313 e. The first kappa shape index (κ1) is 15.0. The van der Waals surface area contributed by atoms with Crippen LogP contribution in [-0.4, -0.2) is 12.6 Å². The van der Waals surface area contributed by atoms with Gasteiger partial charge in [0.2, 0.25) is 0 Å². The van der Waals surface area contributed by atoms with Crippen LogP contribution in [0.4, 0.5) is 0 Å². The fourth-order valence-corrected chi connectivity index (χ4v) is 2.53. The van der Waals surface area contributed by atoms with Crippen molar-refractivity contribution in [2.75, 3.05) is 6.54 Å². The maximum absolute atomic E-state index is 4.17. The summed E-state index contributed by atoms with van der Waals surface area (Å²) in [6.07, 6.45) is 3.32. The van der Waals surface area contributed by atoms with E-state index in [0.717, 1.165) is 19.4 Å². The van der Waals surface area contributed by atoms with Crippen molar-refractivity contribution >= 4 is 0 Å². The zero-order chi connectivity index (χ0) is 13.4. The first-order valence-electron chi connectivity index (χ1n) is 7.17. The van der Waals surface area contributed by atoms with Crippen LogP contribution in [0, 0.1) is 0 Å². The highest BCUT2D eigenvalue weighted by molar-refractivity contribution is 5.22. The van der Waals surface area contributed by atoms with E-state index in [1.807, 2.05) is 0 Å². The van der Waals surface area contributed by atoms with Crippen LogP contribution in [0.25, 0.3) is 0 Å². The van der Waals surface area contributed by atoms with Crippen molar-refractivity contribution in [3.63, 3.8) is 0 Å². The summed E-state index contributed by atoms with van der Waals surface area (Å²) in [4.78, 5) is 0. The average molecular weight is 245 g/mol. The summed E-state index contributed by atoms with van der Waals surface area (Å²) >= 11 is 0. The topological polar surface area (TPSA) is 12.0 Å². The van der Waals surface area contributed by atoms with Gasteiger partial charge in [0.05, 0.1) is 0 Å². The molecule has 2 atom stereocenters. The van der Waals surface area contributed by atoms with Gasteiger partial charge in [0, 0.05) is 6.04 Å². The summed E-state index contributed by atoms with van der Waals surface area (Å²) < 4.78 is 0. The van der Waals surface area contributed by atoms with Gasteiger partial charge in [0.25, 0.3) is 0 Å². The van der Waals surface area contributed by atoms with E-state index in [1.165, 1.54) is 17.6 Å². The molecule has 0 aliphatic carbocycles. The third kappa shape index (κ3) is 4.30. The molecule has 2 unspecified atom stereocenters. The highest BCUT2D eigenvalue weighted by Gasteiger charge is 2.20. The number of likely N-dealkylation sites (N-methyl/N-ethyl adjacent to an activating group) is 1. The highest BCUT2D eigenvalue weighted by Crippen LogP contribution is 2.27. The molecular formula is C17H27N. The molecule has 0 aliphatic rings. The van der Waals surface area contributed by atoms with Crippen LogP contribution in [0.5, 0.6) is 0 Å². The number of hydrogen-bond donors (Lipinski definition) is 1. The third-order valence-corrected chi connectivity index (χ3v) is 3.63. The Hall–Kier alpha value is -1.08. The molecule has 0 amide bonds. The number of nitrogens with one attached hydrogen (secondary N) is 1. The molecule has 1 heteroatoms. The quantitative estimate of drug-likeness (QED) is 0.664. The fraction of sp³-hybridized carbons (Fsp3) is 0.529. The molecular weight excluding hydrogens is 218 g/mol. The third-order valence-electron chi connectivity index (χ3n) is 3.63. The Morgan fingerprint density at radius 2 is 1.83 bits per heavy atom. The van der Waals surface area contributed by atoms with E-state index in [2.05, 4.69) is 63.0 Å². The monoisotopic (exact) mass is 245 g/mol. The lowest BCUT2D eigenvalue weighted by Gasteiger charge is -2.28. The van der Waals surface area contributed by atoms with Crippen LogP contribution >= 0.6 is 0 Å². The minimum Gasteiger partial charge on any atom is -0.313 e. The zero-order valence-electron chi connectivity index (χ0n) is 12.1. The Labute approximate surface area is 112 Å². The van der Waals surface area contributed by atoms with Crippen molar-refractivity contribution in [1.82, 2.24) is 5.32 Å². The molecule has 1 aromatic carbocycles. The van der Waals surface area contributed by atoms with E-state index in [0.29, 0.717) is 12.0 Å². The Morgan fingerprint density at radius 1 is 1.17 bits per heavy atom. The van der Waals surface area contributed by atoms with E-state index in [4.69, 9.17) is 0 Å². The second-order valence-corrected chi connectivity index (χ2v) is 4.90. The molecule has 0 heterocycles. The van der Waals surface area contributed by atoms with Gasteiger partial charge in [-0.1, -0.05) is 63.3 Å². The minimum absolute atomic E-state index is 0.509. The Kier molecular flexibility index (Phi) is 6.74. The van der Waals surface area contributed by atoms with Gasteiger partial charge >= 0.3 is 0 Å². The van der Waals surface area contributed by atoms with Crippen molar-refractivity contribution in [1.29, 1.82) is 0 Å². The van der Waals surface area contributed by atoms with Crippen LogP contribution in [0.1, 0.15) is 51.5 Å². The lowest BCUT2D eigenvalue weighted by Crippen LogP contribution is -2.35. The number of hydrogen-bond acceptors (Lipinski definition) is 1. The minimum atomic E-state index is 0.509. The van der Waals surface area contributed by atoms with Crippen LogP contribution in [0.3, 0.4) is 0 Å². The van der Waals surface area contributed by atoms with Crippen LogP contribution in [0.15, 0.2) is 42.5 Å².